The van der Waals surface area contributed by atoms with Gasteiger partial charge in [-0.3, -0.25) is 0 Å². The third-order valence-corrected chi connectivity index (χ3v) is 0. The molecule has 0 aromatic heterocycles. The van der Waals surface area contributed by atoms with Crippen LogP contribution in [0.2, 0.25) is 0 Å². The molecular formula is CH4BPS. The van der Waals surface area contributed by atoms with Gasteiger partial charge < -0.3 is 0 Å². The van der Waals surface area contributed by atoms with Crippen molar-refractivity contribution in [2.75, 3.05) is 0 Å². The topological polar surface area (TPSA) is 0 Å². The van der Waals surface area contributed by atoms with Gasteiger partial charge in [-0.1, -0.05) is 12.2 Å². The third-order valence-electron chi connectivity index (χ3n) is 0. The molecule has 4 heavy (non-hydrogen) atoms. The standard InChI is InChI=1S/CH4BPS/c2-1(3)4/h2-3H2. The minimum Gasteiger partial charge on any atom is -0.109 e. The molecule has 0 aliphatic carbocycles. The van der Waals surface area contributed by atoms with Crippen LogP contribution in [0, 0.1) is 0 Å². The molecular weight excluding hydrogens is 85.9 g/mol. The van der Waals surface area contributed by atoms with Gasteiger partial charge in [0.2, 0.25) is 0 Å². The molecule has 1 atom stereocenters. The summed E-state index contributed by atoms with van der Waals surface area (Å²) in [7, 11) is 4.25. The highest BCUT2D eigenvalue weighted by atomic mass is 32.1. The molecule has 0 nitrogen and oxygen atoms in total. The lowest BCUT2D eigenvalue weighted by atomic mass is 10.2. The average molecular weight is 89.9 g/mol. The lowest BCUT2D eigenvalue weighted by molar-refractivity contribution is 3.97. The van der Waals surface area contributed by atoms with Crippen LogP contribution in [0.3, 0.4) is 0 Å². The number of hydrogen-bond acceptors (Lipinski definition) is 1. The Morgan fingerprint density at radius 3 is 2.00 bits per heavy atom. The first-order chi connectivity index (χ1) is 1.73. The summed E-state index contributed by atoms with van der Waals surface area (Å²) in [6.07, 6.45) is 0. The molecule has 0 aromatic carbocycles. The van der Waals surface area contributed by atoms with Crippen LogP contribution >= 0.6 is 21.5 Å². The van der Waals surface area contributed by atoms with E-state index in [0.29, 0.717) is 0 Å². The van der Waals surface area contributed by atoms with Crippen molar-refractivity contribution >= 4 is 33.8 Å². The molecule has 0 aromatic rings. The number of rotatable bonds is 0. The summed E-state index contributed by atoms with van der Waals surface area (Å²) < 4.78 is 0.917. The van der Waals surface area contributed by atoms with E-state index in [2.05, 4.69) is 21.5 Å². The molecule has 3 heteroatoms. The second-order valence-electron chi connectivity index (χ2n) is 0.611. The van der Waals surface area contributed by atoms with Gasteiger partial charge in [-0.2, -0.15) is 0 Å². The molecule has 0 saturated carbocycles. The maximum Gasteiger partial charge on any atom is 0.153 e. The Morgan fingerprint density at radius 1 is 2.00 bits per heavy atom. The van der Waals surface area contributed by atoms with Crippen LogP contribution in [0.1, 0.15) is 0 Å². The van der Waals surface area contributed by atoms with Crippen LogP contribution in [0.25, 0.3) is 0 Å². The molecule has 0 fully saturated rings. The Kier molecular flexibility index (Phi) is 2.14. The third kappa shape index (κ3) is 19.0. The van der Waals surface area contributed by atoms with Crippen molar-refractivity contribution in [2.24, 2.45) is 0 Å². The van der Waals surface area contributed by atoms with Crippen molar-refractivity contribution in [2.45, 2.75) is 0 Å². The van der Waals surface area contributed by atoms with Crippen LogP contribution in [0.15, 0.2) is 0 Å². The first-order valence-corrected chi connectivity index (χ1v) is 1.98. The first-order valence-electron chi connectivity index (χ1n) is 0.993. The number of thiocarbonyl (C=S) groups is 1. The Bertz CT molecular complexity index is 31.0. The van der Waals surface area contributed by atoms with Crippen molar-refractivity contribution < 1.29 is 0 Å². The highest BCUT2D eigenvalue weighted by Gasteiger charge is 1.57. The van der Waals surface area contributed by atoms with E-state index in [1.807, 2.05) is 7.85 Å². The Morgan fingerprint density at radius 2 is 2.00 bits per heavy atom. The monoisotopic (exact) mass is 90.0 g/mol. The van der Waals surface area contributed by atoms with Gasteiger partial charge in [0.1, 0.15) is 0 Å². The molecule has 0 heterocycles. The Hall–Kier alpha value is 0.585. The van der Waals surface area contributed by atoms with Crippen LogP contribution in [-0.2, 0) is 0 Å². The van der Waals surface area contributed by atoms with E-state index in [1.165, 1.54) is 0 Å². The Balaban J connectivity index is 2.80. The normalized spacial score (nSPS) is 6.25. The van der Waals surface area contributed by atoms with E-state index in [9.17, 15) is 0 Å². The summed E-state index contributed by atoms with van der Waals surface area (Å²) in [6, 6.07) is 0. The van der Waals surface area contributed by atoms with E-state index in [-0.39, 0.29) is 0 Å². The minimum absolute atomic E-state index is 0.917. The van der Waals surface area contributed by atoms with Crippen LogP contribution < -0.4 is 0 Å². The zero-order valence-corrected chi connectivity index (χ0v) is 4.46. The van der Waals surface area contributed by atoms with Crippen molar-refractivity contribution in [1.29, 1.82) is 0 Å². The fourth-order valence-electron chi connectivity index (χ4n) is 0. The molecule has 0 spiro atoms. The van der Waals surface area contributed by atoms with Gasteiger partial charge in [-0.25, -0.2) is 0 Å². The van der Waals surface area contributed by atoms with Gasteiger partial charge in [0.15, 0.2) is 7.85 Å². The second-order valence-corrected chi connectivity index (χ2v) is 2.54. The maximum absolute atomic E-state index is 4.50. The molecule has 0 aliphatic rings. The summed E-state index contributed by atoms with van der Waals surface area (Å²) in [5.41, 5.74) is 0. The van der Waals surface area contributed by atoms with E-state index >= 15 is 0 Å². The fraction of sp³-hybridized carbons (Fsp3) is 0. The van der Waals surface area contributed by atoms with Gasteiger partial charge in [-0.05, 0) is 4.51 Å². The fourth-order valence-corrected chi connectivity index (χ4v) is 0. The molecule has 0 N–H and O–H groups in total. The lowest BCUT2D eigenvalue weighted by Gasteiger charge is -1.60. The van der Waals surface area contributed by atoms with Crippen molar-refractivity contribution in [3.05, 3.63) is 0 Å². The smallest absolute Gasteiger partial charge is 0.109 e. The predicted molar refractivity (Wildman–Crippen MR) is 30.9 cm³/mol. The first kappa shape index (κ1) is 4.58. The SMILES string of the molecule is BC(P)=S. The van der Waals surface area contributed by atoms with Gasteiger partial charge in [0.25, 0.3) is 0 Å². The lowest BCUT2D eigenvalue weighted by Crippen LogP contribution is -1.67. The van der Waals surface area contributed by atoms with E-state index in [1.54, 1.807) is 0 Å². The summed E-state index contributed by atoms with van der Waals surface area (Å²) in [6.45, 7) is 0. The van der Waals surface area contributed by atoms with E-state index in [0.717, 1.165) is 4.51 Å². The molecule has 0 bridgehead atoms. The molecule has 0 aliphatic heterocycles. The van der Waals surface area contributed by atoms with Crippen molar-refractivity contribution in [3.63, 3.8) is 0 Å². The highest BCUT2D eigenvalue weighted by molar-refractivity contribution is 7.93. The molecule has 0 amide bonds. The van der Waals surface area contributed by atoms with Crippen molar-refractivity contribution in [1.82, 2.24) is 0 Å². The summed E-state index contributed by atoms with van der Waals surface area (Å²) >= 11 is 4.50. The van der Waals surface area contributed by atoms with E-state index < -0.39 is 0 Å². The van der Waals surface area contributed by atoms with Gasteiger partial charge in [0.05, 0.1) is 0 Å². The van der Waals surface area contributed by atoms with E-state index in [4.69, 9.17) is 0 Å². The molecule has 22 valence electrons. The predicted octanol–water partition coefficient (Wildman–Crippen LogP) is -0.220. The number of hydrogen-bond donors (Lipinski definition) is 0. The van der Waals surface area contributed by atoms with Gasteiger partial charge >= 0.3 is 0 Å². The minimum atomic E-state index is 0.917. The zero-order valence-electron chi connectivity index (χ0n) is 2.49. The quantitative estimate of drug-likeness (QED) is 0.225. The molecule has 0 rings (SSSR count). The zero-order chi connectivity index (χ0) is 3.58. The van der Waals surface area contributed by atoms with Crippen LogP contribution in [0.5, 0.6) is 0 Å². The molecule has 0 saturated heterocycles. The largest absolute Gasteiger partial charge is 0.153 e. The van der Waals surface area contributed by atoms with Crippen molar-refractivity contribution in [3.8, 4) is 0 Å². The summed E-state index contributed by atoms with van der Waals surface area (Å²) in [5, 5.41) is 0. The average Bonchev–Trinajstić information content (AvgIpc) is 0.811. The van der Waals surface area contributed by atoms with Crippen LogP contribution in [0.4, 0.5) is 0 Å². The summed E-state index contributed by atoms with van der Waals surface area (Å²) in [5.74, 6) is 0. The Labute approximate surface area is 34.6 Å². The van der Waals surface area contributed by atoms with Crippen LogP contribution in [-0.4, -0.2) is 12.4 Å². The second kappa shape index (κ2) is 1.86. The molecule has 1 unspecified atom stereocenters. The highest BCUT2D eigenvalue weighted by Crippen LogP contribution is 1.76. The summed E-state index contributed by atoms with van der Waals surface area (Å²) in [4.78, 5) is 0. The van der Waals surface area contributed by atoms with Gasteiger partial charge in [-0.15, -0.1) is 9.24 Å². The van der Waals surface area contributed by atoms with Gasteiger partial charge in [0, 0.05) is 0 Å². The molecule has 0 radical (unpaired) electrons. The maximum atomic E-state index is 4.50.